The van der Waals surface area contributed by atoms with Crippen LogP contribution in [0.4, 0.5) is 10.1 Å². The van der Waals surface area contributed by atoms with Crippen LogP contribution in [0.1, 0.15) is 12.0 Å². The minimum Gasteiger partial charge on any atom is -0.369 e. The molecule has 1 fully saturated rings. The first-order valence-electron chi connectivity index (χ1n) is 8.26. The van der Waals surface area contributed by atoms with Crippen molar-refractivity contribution in [1.29, 1.82) is 0 Å². The molecule has 0 aromatic heterocycles. The van der Waals surface area contributed by atoms with E-state index in [0.717, 1.165) is 31.0 Å². The molecule has 134 valence electrons. The number of hydrogen-bond donors (Lipinski definition) is 2. The number of hydrogen-bond acceptors (Lipinski definition) is 2. The van der Waals surface area contributed by atoms with Gasteiger partial charge in [-0.2, -0.15) is 0 Å². The average Bonchev–Trinajstić information content (AvgIpc) is 3.09. The number of benzene rings is 2. The predicted molar refractivity (Wildman–Crippen MR) is 112 cm³/mol. The van der Waals surface area contributed by atoms with Gasteiger partial charge in [-0.15, -0.1) is 24.0 Å². The van der Waals surface area contributed by atoms with E-state index in [1.807, 2.05) is 6.07 Å². The number of guanidine groups is 1. The highest BCUT2D eigenvalue weighted by Crippen LogP contribution is 2.19. The molecule has 0 aliphatic carbocycles. The first-order valence-corrected chi connectivity index (χ1v) is 8.26. The summed E-state index contributed by atoms with van der Waals surface area (Å²) >= 11 is 0. The summed E-state index contributed by atoms with van der Waals surface area (Å²) in [5, 5.41) is 6.75. The highest BCUT2D eigenvalue weighted by molar-refractivity contribution is 14.0. The average molecular weight is 454 g/mol. The van der Waals surface area contributed by atoms with Crippen molar-refractivity contribution in [3.8, 4) is 0 Å². The van der Waals surface area contributed by atoms with Crippen LogP contribution in [0.2, 0.25) is 0 Å². The Balaban J connectivity index is 0.00000225. The molecule has 1 saturated heterocycles. The molecule has 3 rings (SSSR count). The van der Waals surface area contributed by atoms with Gasteiger partial charge in [-0.05, 0) is 36.2 Å². The van der Waals surface area contributed by atoms with Crippen LogP contribution in [0, 0.1) is 5.82 Å². The van der Waals surface area contributed by atoms with Crippen molar-refractivity contribution >= 4 is 35.6 Å². The van der Waals surface area contributed by atoms with Crippen molar-refractivity contribution in [1.82, 2.24) is 10.6 Å². The molecule has 1 unspecified atom stereocenters. The van der Waals surface area contributed by atoms with E-state index in [9.17, 15) is 4.39 Å². The summed E-state index contributed by atoms with van der Waals surface area (Å²) in [6.45, 7) is 2.62. The number of nitrogens with zero attached hydrogens (tertiary/aromatic N) is 2. The van der Waals surface area contributed by atoms with E-state index < -0.39 is 0 Å². The Kier molecular flexibility index (Phi) is 7.49. The Hall–Kier alpha value is -1.83. The highest BCUT2D eigenvalue weighted by atomic mass is 127. The van der Waals surface area contributed by atoms with Gasteiger partial charge in [0.1, 0.15) is 5.82 Å². The monoisotopic (exact) mass is 454 g/mol. The van der Waals surface area contributed by atoms with Gasteiger partial charge in [0.15, 0.2) is 5.96 Å². The topological polar surface area (TPSA) is 39.7 Å². The lowest BCUT2D eigenvalue weighted by molar-refractivity contribution is 0.626. The van der Waals surface area contributed by atoms with Crippen molar-refractivity contribution in [3.05, 3.63) is 66.0 Å². The fourth-order valence-corrected chi connectivity index (χ4v) is 2.93. The van der Waals surface area contributed by atoms with E-state index in [0.29, 0.717) is 12.6 Å². The summed E-state index contributed by atoms with van der Waals surface area (Å²) in [7, 11) is 1.77. The zero-order chi connectivity index (χ0) is 16.8. The second-order valence-electron chi connectivity index (χ2n) is 5.96. The first-order chi connectivity index (χ1) is 11.7. The van der Waals surface area contributed by atoms with Crippen LogP contribution in [0.15, 0.2) is 59.6 Å². The standard InChI is InChI=1S/C19H23FN4.HI/c1-21-19(22-13-15-7-9-16(20)10-8-15)23-17-11-12-24(14-17)18-5-3-2-4-6-18;/h2-10,17H,11-14H2,1H3,(H2,21,22,23);1H. The molecule has 1 atom stereocenters. The Bertz CT molecular complexity index is 676. The van der Waals surface area contributed by atoms with Crippen LogP contribution in [0.5, 0.6) is 0 Å². The molecule has 0 spiro atoms. The van der Waals surface area contributed by atoms with Crippen LogP contribution < -0.4 is 15.5 Å². The van der Waals surface area contributed by atoms with Gasteiger partial charge in [0.05, 0.1) is 0 Å². The number of anilines is 1. The number of nitrogens with one attached hydrogen (secondary N) is 2. The third kappa shape index (κ3) is 5.59. The molecular weight excluding hydrogens is 430 g/mol. The largest absolute Gasteiger partial charge is 0.369 e. The molecule has 0 saturated carbocycles. The van der Waals surface area contributed by atoms with Crippen LogP contribution in [-0.2, 0) is 6.54 Å². The molecule has 1 aliphatic rings. The first kappa shape index (κ1) is 19.5. The maximum Gasteiger partial charge on any atom is 0.191 e. The van der Waals surface area contributed by atoms with Crippen LogP contribution >= 0.6 is 24.0 Å². The number of rotatable bonds is 4. The third-order valence-corrected chi connectivity index (χ3v) is 4.25. The SMILES string of the molecule is CN=C(NCc1ccc(F)cc1)NC1CCN(c2ccccc2)C1.I. The third-order valence-electron chi connectivity index (χ3n) is 4.25. The summed E-state index contributed by atoms with van der Waals surface area (Å²) in [4.78, 5) is 6.66. The van der Waals surface area contributed by atoms with E-state index in [4.69, 9.17) is 0 Å². The summed E-state index contributed by atoms with van der Waals surface area (Å²) in [6.07, 6.45) is 1.08. The normalized spacial score (nSPS) is 17.1. The zero-order valence-corrected chi connectivity index (χ0v) is 16.6. The van der Waals surface area contributed by atoms with Gasteiger partial charge in [0.25, 0.3) is 0 Å². The Morgan fingerprint density at radius 3 is 2.56 bits per heavy atom. The summed E-state index contributed by atoms with van der Waals surface area (Å²) < 4.78 is 12.9. The molecule has 2 aromatic rings. The van der Waals surface area contributed by atoms with Crippen molar-refractivity contribution < 1.29 is 4.39 Å². The molecule has 0 bridgehead atoms. The number of halogens is 2. The van der Waals surface area contributed by atoms with Crippen molar-refractivity contribution in [2.24, 2.45) is 4.99 Å². The minimum absolute atomic E-state index is 0. The van der Waals surface area contributed by atoms with E-state index in [2.05, 4.69) is 44.8 Å². The smallest absolute Gasteiger partial charge is 0.191 e. The Morgan fingerprint density at radius 1 is 1.16 bits per heavy atom. The molecule has 6 heteroatoms. The lowest BCUT2D eigenvalue weighted by atomic mass is 10.2. The van der Waals surface area contributed by atoms with E-state index in [-0.39, 0.29) is 29.8 Å². The van der Waals surface area contributed by atoms with Crippen molar-refractivity contribution in [2.45, 2.75) is 19.0 Å². The van der Waals surface area contributed by atoms with Crippen molar-refractivity contribution in [3.63, 3.8) is 0 Å². The van der Waals surface area contributed by atoms with Gasteiger partial charge in [0, 0.05) is 38.4 Å². The lowest BCUT2D eigenvalue weighted by Crippen LogP contribution is -2.44. The van der Waals surface area contributed by atoms with Gasteiger partial charge in [-0.25, -0.2) is 4.39 Å². The maximum atomic E-state index is 12.9. The maximum absolute atomic E-state index is 12.9. The van der Waals surface area contributed by atoms with Crippen LogP contribution in [0.3, 0.4) is 0 Å². The molecule has 1 aliphatic heterocycles. The van der Waals surface area contributed by atoms with Gasteiger partial charge in [-0.3, -0.25) is 4.99 Å². The van der Waals surface area contributed by atoms with Gasteiger partial charge < -0.3 is 15.5 Å². The summed E-state index contributed by atoms with van der Waals surface area (Å²) in [5.41, 5.74) is 2.28. The molecule has 2 aromatic carbocycles. The van der Waals surface area contributed by atoms with Crippen LogP contribution in [0.25, 0.3) is 0 Å². The number of para-hydroxylation sites is 1. The molecule has 25 heavy (non-hydrogen) atoms. The molecular formula is C19H24FIN4. The molecule has 0 amide bonds. The quantitative estimate of drug-likeness (QED) is 0.423. The zero-order valence-electron chi connectivity index (χ0n) is 14.3. The van der Waals surface area contributed by atoms with E-state index in [1.165, 1.54) is 17.8 Å². The number of aliphatic imine (C=N–C) groups is 1. The van der Waals surface area contributed by atoms with Gasteiger partial charge >= 0.3 is 0 Å². The molecule has 4 nitrogen and oxygen atoms in total. The summed E-state index contributed by atoms with van der Waals surface area (Å²) in [5.74, 6) is 0.562. The van der Waals surface area contributed by atoms with E-state index in [1.54, 1.807) is 19.2 Å². The lowest BCUT2D eigenvalue weighted by Gasteiger charge is -2.20. The minimum atomic E-state index is -0.215. The predicted octanol–water partition coefficient (Wildman–Crippen LogP) is 3.39. The van der Waals surface area contributed by atoms with Gasteiger partial charge in [-0.1, -0.05) is 30.3 Å². The summed E-state index contributed by atoms with van der Waals surface area (Å²) in [6, 6.07) is 17.3. The molecule has 2 N–H and O–H groups in total. The highest BCUT2D eigenvalue weighted by Gasteiger charge is 2.23. The fourth-order valence-electron chi connectivity index (χ4n) is 2.93. The Labute approximate surface area is 165 Å². The van der Waals surface area contributed by atoms with Gasteiger partial charge in [0.2, 0.25) is 0 Å². The second kappa shape index (κ2) is 9.60. The van der Waals surface area contributed by atoms with Crippen LogP contribution in [-0.4, -0.2) is 32.1 Å². The van der Waals surface area contributed by atoms with Crippen molar-refractivity contribution in [2.75, 3.05) is 25.0 Å². The molecule has 0 radical (unpaired) electrons. The fraction of sp³-hybridized carbons (Fsp3) is 0.316. The van der Waals surface area contributed by atoms with E-state index >= 15 is 0 Å². The molecule has 1 heterocycles. The second-order valence-corrected chi connectivity index (χ2v) is 5.96. The Morgan fingerprint density at radius 2 is 1.88 bits per heavy atom.